The zero-order valence-electron chi connectivity index (χ0n) is 10.6. The maximum Gasteiger partial charge on any atom is 0.226 e. The highest BCUT2D eigenvalue weighted by atomic mass is 79.9. The molecule has 0 radical (unpaired) electrons. The molecule has 100 valence electrons. The van der Waals surface area contributed by atoms with Crippen LogP contribution in [-0.4, -0.2) is 30.4 Å². The van der Waals surface area contributed by atoms with E-state index in [9.17, 15) is 4.79 Å². The molecule has 2 rings (SSSR count). The maximum atomic E-state index is 12.4. The summed E-state index contributed by atoms with van der Waals surface area (Å²) >= 11 is 5.17. The predicted molar refractivity (Wildman–Crippen MR) is 78.7 cm³/mol. The van der Waals surface area contributed by atoms with Crippen molar-refractivity contribution in [2.45, 2.75) is 26.3 Å². The van der Waals surface area contributed by atoms with E-state index in [2.05, 4.69) is 34.2 Å². The van der Waals surface area contributed by atoms with Crippen LogP contribution >= 0.6 is 27.3 Å². The van der Waals surface area contributed by atoms with Crippen LogP contribution in [0.25, 0.3) is 0 Å². The van der Waals surface area contributed by atoms with Gasteiger partial charge in [-0.25, -0.2) is 0 Å². The van der Waals surface area contributed by atoms with Gasteiger partial charge in [0.25, 0.3) is 0 Å². The highest BCUT2D eigenvalue weighted by Gasteiger charge is 2.25. The molecule has 3 nitrogen and oxygen atoms in total. The van der Waals surface area contributed by atoms with Crippen LogP contribution < -0.4 is 5.32 Å². The van der Waals surface area contributed by atoms with E-state index in [1.807, 2.05) is 11.0 Å². The smallest absolute Gasteiger partial charge is 0.226 e. The Morgan fingerprint density at radius 2 is 2.22 bits per heavy atom. The van der Waals surface area contributed by atoms with Gasteiger partial charge < -0.3 is 10.2 Å². The van der Waals surface area contributed by atoms with Gasteiger partial charge in [-0.05, 0) is 60.9 Å². The Kier molecular flexibility index (Phi) is 5.21. The van der Waals surface area contributed by atoms with Crippen LogP contribution in [-0.2, 0) is 11.3 Å². The quantitative estimate of drug-likeness (QED) is 0.920. The van der Waals surface area contributed by atoms with Gasteiger partial charge in [-0.15, -0.1) is 11.3 Å². The van der Waals surface area contributed by atoms with Gasteiger partial charge in [0.05, 0.1) is 10.3 Å². The van der Waals surface area contributed by atoms with Gasteiger partial charge in [0.2, 0.25) is 5.91 Å². The fourth-order valence-electron chi connectivity index (χ4n) is 2.30. The van der Waals surface area contributed by atoms with Gasteiger partial charge in [0, 0.05) is 17.3 Å². The predicted octanol–water partition coefficient (Wildman–Crippen LogP) is 2.86. The Morgan fingerprint density at radius 1 is 1.50 bits per heavy atom. The van der Waals surface area contributed by atoms with Crippen molar-refractivity contribution in [1.82, 2.24) is 10.2 Å². The van der Waals surface area contributed by atoms with Crippen LogP contribution in [0.5, 0.6) is 0 Å². The van der Waals surface area contributed by atoms with E-state index in [4.69, 9.17) is 0 Å². The molecule has 0 atom stereocenters. The normalized spacial score (nSPS) is 16.8. The van der Waals surface area contributed by atoms with Crippen molar-refractivity contribution in [3.05, 3.63) is 20.8 Å². The Hall–Kier alpha value is -0.390. The van der Waals surface area contributed by atoms with E-state index < -0.39 is 0 Å². The molecule has 0 aromatic carbocycles. The number of piperidine rings is 1. The van der Waals surface area contributed by atoms with Gasteiger partial charge in [0.15, 0.2) is 0 Å². The molecule has 0 spiro atoms. The van der Waals surface area contributed by atoms with Crippen molar-refractivity contribution in [3.8, 4) is 0 Å². The number of halogens is 1. The lowest BCUT2D eigenvalue weighted by Crippen LogP contribution is -2.40. The summed E-state index contributed by atoms with van der Waals surface area (Å²) < 4.78 is 1.13. The Bertz CT molecular complexity index is 401. The molecule has 2 heterocycles. The number of carbonyl (C=O) groups is 1. The minimum Gasteiger partial charge on any atom is -0.338 e. The lowest BCUT2D eigenvalue weighted by Gasteiger charge is -2.28. The average molecular weight is 331 g/mol. The lowest BCUT2D eigenvalue weighted by atomic mass is 9.96. The number of rotatable bonds is 4. The van der Waals surface area contributed by atoms with Gasteiger partial charge in [-0.2, -0.15) is 0 Å². The molecule has 0 saturated carbocycles. The molecule has 1 aliphatic rings. The van der Waals surface area contributed by atoms with E-state index in [0.29, 0.717) is 5.91 Å². The molecule has 1 amide bonds. The van der Waals surface area contributed by atoms with Crippen LogP contribution in [0.3, 0.4) is 0 Å². The second-order valence-corrected chi connectivity index (χ2v) is 7.13. The van der Waals surface area contributed by atoms with Crippen molar-refractivity contribution in [2.75, 3.05) is 19.6 Å². The molecule has 18 heavy (non-hydrogen) atoms. The number of nitrogens with zero attached hydrogens (tertiary/aromatic N) is 1. The second kappa shape index (κ2) is 6.68. The highest BCUT2D eigenvalue weighted by Crippen LogP contribution is 2.24. The van der Waals surface area contributed by atoms with E-state index in [1.54, 1.807) is 11.3 Å². The maximum absolute atomic E-state index is 12.4. The molecule has 0 unspecified atom stereocenters. The van der Waals surface area contributed by atoms with Crippen molar-refractivity contribution < 1.29 is 4.79 Å². The third-order valence-corrected chi connectivity index (χ3v) is 4.97. The summed E-state index contributed by atoms with van der Waals surface area (Å²) in [6, 6.07) is 4.13. The summed E-state index contributed by atoms with van der Waals surface area (Å²) in [6.45, 7) is 5.53. The first-order chi connectivity index (χ1) is 8.70. The second-order valence-electron chi connectivity index (χ2n) is 4.58. The molecule has 1 aliphatic heterocycles. The monoisotopic (exact) mass is 330 g/mol. The SMILES string of the molecule is CCN(Cc1ccc(Br)s1)C(=O)C1CCNCC1. The minimum atomic E-state index is 0.217. The Morgan fingerprint density at radius 3 is 2.78 bits per heavy atom. The van der Waals surface area contributed by atoms with Crippen LogP contribution in [0.15, 0.2) is 15.9 Å². The Balaban J connectivity index is 1.96. The van der Waals surface area contributed by atoms with Crippen LogP contribution in [0.2, 0.25) is 0 Å². The number of amides is 1. The van der Waals surface area contributed by atoms with Gasteiger partial charge >= 0.3 is 0 Å². The fourth-order valence-corrected chi connectivity index (χ4v) is 3.80. The molecule has 0 aliphatic carbocycles. The zero-order valence-corrected chi connectivity index (χ0v) is 13.0. The zero-order chi connectivity index (χ0) is 13.0. The minimum absolute atomic E-state index is 0.217. The largest absolute Gasteiger partial charge is 0.338 e. The Labute approximate surface area is 121 Å². The molecule has 5 heteroatoms. The van der Waals surface area contributed by atoms with Gasteiger partial charge in [-0.3, -0.25) is 4.79 Å². The van der Waals surface area contributed by atoms with Gasteiger partial charge in [0.1, 0.15) is 0 Å². The van der Waals surface area contributed by atoms with Crippen LogP contribution in [0.4, 0.5) is 0 Å². The van der Waals surface area contributed by atoms with Crippen molar-refractivity contribution in [2.24, 2.45) is 5.92 Å². The van der Waals surface area contributed by atoms with Crippen molar-refractivity contribution in [1.29, 1.82) is 0 Å². The molecular weight excluding hydrogens is 312 g/mol. The molecule has 1 fully saturated rings. The van der Waals surface area contributed by atoms with Gasteiger partial charge in [-0.1, -0.05) is 0 Å². The topological polar surface area (TPSA) is 32.3 Å². The lowest BCUT2D eigenvalue weighted by molar-refractivity contribution is -0.136. The van der Waals surface area contributed by atoms with E-state index in [0.717, 1.165) is 42.8 Å². The molecular formula is C13H19BrN2OS. The van der Waals surface area contributed by atoms with E-state index in [-0.39, 0.29) is 5.92 Å². The van der Waals surface area contributed by atoms with Crippen LogP contribution in [0.1, 0.15) is 24.6 Å². The number of hydrogen-bond acceptors (Lipinski definition) is 3. The molecule has 1 N–H and O–H groups in total. The standard InChI is InChI=1S/C13H19BrN2OS/c1-2-16(9-11-3-4-12(14)18-11)13(17)10-5-7-15-8-6-10/h3-4,10,15H,2,5-9H2,1H3. The first kappa shape index (κ1) is 14.0. The first-order valence-corrected chi connectivity index (χ1v) is 8.05. The number of thiophene rings is 1. The summed E-state index contributed by atoms with van der Waals surface area (Å²) in [7, 11) is 0. The number of nitrogens with one attached hydrogen (secondary N) is 1. The first-order valence-electron chi connectivity index (χ1n) is 6.44. The van der Waals surface area contributed by atoms with Crippen LogP contribution in [0, 0.1) is 5.92 Å². The third-order valence-electron chi connectivity index (χ3n) is 3.36. The molecule has 1 aromatic heterocycles. The van der Waals surface area contributed by atoms with E-state index >= 15 is 0 Å². The summed E-state index contributed by atoms with van der Waals surface area (Å²) in [5, 5.41) is 3.30. The molecule has 1 aromatic rings. The molecule has 0 bridgehead atoms. The summed E-state index contributed by atoms with van der Waals surface area (Å²) in [5.41, 5.74) is 0. The third kappa shape index (κ3) is 3.56. The number of hydrogen-bond donors (Lipinski definition) is 1. The van der Waals surface area contributed by atoms with Crippen molar-refractivity contribution >= 4 is 33.2 Å². The fraction of sp³-hybridized carbons (Fsp3) is 0.615. The molecule has 1 saturated heterocycles. The number of carbonyl (C=O) groups excluding carboxylic acids is 1. The summed E-state index contributed by atoms with van der Waals surface area (Å²) in [6.07, 6.45) is 1.95. The van der Waals surface area contributed by atoms with Crippen molar-refractivity contribution in [3.63, 3.8) is 0 Å². The highest BCUT2D eigenvalue weighted by molar-refractivity contribution is 9.11. The summed E-state index contributed by atoms with van der Waals surface area (Å²) in [4.78, 5) is 15.7. The van der Waals surface area contributed by atoms with E-state index in [1.165, 1.54) is 4.88 Å². The summed E-state index contributed by atoms with van der Waals surface area (Å²) in [5.74, 6) is 0.540. The average Bonchev–Trinajstić information content (AvgIpc) is 2.82.